The molecule has 0 N–H and O–H groups in total. The Bertz CT molecular complexity index is 893. The first-order valence-electron chi connectivity index (χ1n) is 11.9. The van der Waals surface area contributed by atoms with E-state index < -0.39 is 47.7 Å². The number of hydrogen-bond donors (Lipinski definition) is 0. The van der Waals surface area contributed by atoms with E-state index in [1.807, 2.05) is 12.1 Å². The summed E-state index contributed by atoms with van der Waals surface area (Å²) in [5.41, 5.74) is 0.828. The number of carbonyl (C=O) groups excluding carboxylic acids is 3. The molecular weight excluding hydrogens is 438 g/mol. The fraction of sp³-hybridized carbons (Fsp3) is 0.654. The van der Waals surface area contributed by atoms with Gasteiger partial charge in [0.05, 0.1) is 12.6 Å². The number of likely N-dealkylation sites (tertiary alicyclic amines) is 1. The van der Waals surface area contributed by atoms with E-state index in [-0.39, 0.29) is 6.54 Å². The Balaban J connectivity index is 1.86. The van der Waals surface area contributed by atoms with E-state index in [4.69, 9.17) is 18.9 Å². The van der Waals surface area contributed by atoms with Crippen molar-refractivity contribution in [3.8, 4) is 0 Å². The van der Waals surface area contributed by atoms with Gasteiger partial charge in [-0.15, -0.1) is 0 Å². The molecule has 0 spiro atoms. The highest BCUT2D eigenvalue weighted by atomic mass is 16.7. The van der Waals surface area contributed by atoms with E-state index in [0.29, 0.717) is 12.3 Å². The molecule has 2 aliphatic rings. The maximum absolute atomic E-state index is 13.1. The third kappa shape index (κ3) is 7.37. The summed E-state index contributed by atoms with van der Waals surface area (Å²) in [4.78, 5) is 38.9. The first-order chi connectivity index (χ1) is 15.7. The van der Waals surface area contributed by atoms with Crippen LogP contribution in [0.15, 0.2) is 24.3 Å². The van der Waals surface area contributed by atoms with Gasteiger partial charge in [-0.3, -0.25) is 9.69 Å². The molecule has 1 aliphatic carbocycles. The molecule has 1 saturated heterocycles. The molecule has 8 heteroatoms. The van der Waals surface area contributed by atoms with Crippen molar-refractivity contribution < 1.29 is 33.3 Å². The van der Waals surface area contributed by atoms with Gasteiger partial charge >= 0.3 is 18.2 Å². The zero-order valence-electron chi connectivity index (χ0n) is 21.3. The van der Waals surface area contributed by atoms with E-state index >= 15 is 0 Å². The third-order valence-corrected chi connectivity index (χ3v) is 5.56. The fourth-order valence-electron chi connectivity index (χ4n) is 4.05. The molecule has 3 rings (SSSR count). The Morgan fingerprint density at radius 1 is 0.912 bits per heavy atom. The highest BCUT2D eigenvalue weighted by molar-refractivity contribution is 5.71. The molecule has 0 radical (unpaired) electrons. The van der Waals surface area contributed by atoms with Crippen molar-refractivity contribution in [1.82, 2.24) is 4.90 Å². The van der Waals surface area contributed by atoms with Crippen LogP contribution in [0, 0.1) is 0 Å². The van der Waals surface area contributed by atoms with Gasteiger partial charge in [-0.25, -0.2) is 9.59 Å². The van der Waals surface area contributed by atoms with Crippen molar-refractivity contribution in [3.63, 3.8) is 0 Å². The van der Waals surface area contributed by atoms with Crippen LogP contribution >= 0.6 is 0 Å². The van der Waals surface area contributed by atoms with Gasteiger partial charge in [0.2, 0.25) is 0 Å². The van der Waals surface area contributed by atoms with Crippen molar-refractivity contribution in [1.29, 1.82) is 0 Å². The van der Waals surface area contributed by atoms with Gasteiger partial charge in [-0.05, 0) is 77.8 Å². The second kappa shape index (κ2) is 9.84. The molecule has 1 aromatic carbocycles. The number of ether oxygens (including phenoxy) is 4. The van der Waals surface area contributed by atoms with Gasteiger partial charge in [0, 0.05) is 6.92 Å². The minimum atomic E-state index is -0.887. The number of hydrogen-bond acceptors (Lipinski definition) is 7. The highest BCUT2D eigenvalue weighted by Gasteiger charge is 2.49. The fourth-order valence-corrected chi connectivity index (χ4v) is 4.05. The van der Waals surface area contributed by atoms with Gasteiger partial charge in [0.15, 0.2) is 12.2 Å². The van der Waals surface area contributed by atoms with Crippen LogP contribution in [0.25, 0.3) is 0 Å². The monoisotopic (exact) mass is 475 g/mol. The van der Waals surface area contributed by atoms with E-state index in [9.17, 15) is 14.4 Å². The molecule has 3 atom stereocenters. The molecule has 1 saturated carbocycles. The first-order valence-corrected chi connectivity index (χ1v) is 11.9. The highest BCUT2D eigenvalue weighted by Crippen LogP contribution is 2.40. The summed E-state index contributed by atoms with van der Waals surface area (Å²) in [5.74, 6) is 0.113. The Morgan fingerprint density at radius 3 is 2.00 bits per heavy atom. The van der Waals surface area contributed by atoms with Crippen LogP contribution in [0.1, 0.15) is 78.4 Å². The molecule has 1 aromatic rings. The Hall–Kier alpha value is -2.77. The average molecular weight is 476 g/mol. The van der Waals surface area contributed by atoms with Gasteiger partial charge in [-0.1, -0.05) is 24.3 Å². The molecule has 34 heavy (non-hydrogen) atoms. The normalized spacial score (nSPS) is 22.8. The minimum absolute atomic E-state index is 0.0247. The first kappa shape index (κ1) is 25.8. The number of benzene rings is 1. The van der Waals surface area contributed by atoms with Gasteiger partial charge < -0.3 is 18.9 Å². The lowest BCUT2D eigenvalue weighted by molar-refractivity contribution is -0.153. The third-order valence-electron chi connectivity index (χ3n) is 5.56. The van der Waals surface area contributed by atoms with Crippen LogP contribution in [0.4, 0.5) is 9.59 Å². The molecule has 1 amide bonds. The zero-order chi connectivity index (χ0) is 25.3. The molecule has 0 bridgehead atoms. The Kier molecular flexibility index (Phi) is 7.48. The zero-order valence-corrected chi connectivity index (χ0v) is 21.3. The predicted molar refractivity (Wildman–Crippen MR) is 126 cm³/mol. The smallest absolute Gasteiger partial charge is 0.456 e. The molecule has 1 aliphatic heterocycles. The number of nitrogens with zero attached hydrogens (tertiary/aromatic N) is 1. The Morgan fingerprint density at radius 2 is 1.50 bits per heavy atom. The summed E-state index contributed by atoms with van der Waals surface area (Å²) in [6.45, 7) is 11.9. The molecule has 0 unspecified atom stereocenters. The molecule has 1 heterocycles. The average Bonchev–Trinajstić information content (AvgIpc) is 3.46. The van der Waals surface area contributed by atoms with Crippen molar-refractivity contribution in [2.24, 2.45) is 0 Å². The molecule has 2 fully saturated rings. The lowest BCUT2D eigenvalue weighted by atomic mass is 9.99. The standard InChI is InChI=1S/C26H37NO7/c1-16(28)31-22-20(14-17-8-10-18(11-9-17)19-12-13-19)27(23(29)33-25(2,3)4)15-21(22)32-24(30)34-26(5,6)7/h8-11,19-22H,12-15H2,1-7H3/t20-,21+,22+/m1/s1. The van der Waals surface area contributed by atoms with E-state index in [2.05, 4.69) is 12.1 Å². The van der Waals surface area contributed by atoms with Crippen LogP contribution in [0.3, 0.4) is 0 Å². The minimum Gasteiger partial charge on any atom is -0.456 e. The van der Waals surface area contributed by atoms with Crippen LogP contribution in [-0.2, 0) is 30.2 Å². The molecule has 0 aromatic heterocycles. The number of carbonyl (C=O) groups is 3. The molecule has 8 nitrogen and oxygen atoms in total. The number of esters is 1. The number of rotatable bonds is 5. The Labute approximate surface area is 201 Å². The van der Waals surface area contributed by atoms with Gasteiger partial charge in [-0.2, -0.15) is 0 Å². The van der Waals surface area contributed by atoms with Crippen molar-refractivity contribution in [2.75, 3.05) is 6.54 Å². The summed E-state index contributed by atoms with van der Waals surface area (Å²) in [5, 5.41) is 0. The predicted octanol–water partition coefficient (Wildman–Crippen LogP) is 4.98. The number of amides is 1. The second-order valence-electron chi connectivity index (χ2n) is 11.1. The molecule has 188 valence electrons. The summed E-state index contributed by atoms with van der Waals surface area (Å²) in [6, 6.07) is 7.71. The van der Waals surface area contributed by atoms with Crippen molar-refractivity contribution in [2.45, 2.75) is 103 Å². The SMILES string of the molecule is CC(=O)O[C@@H]1[C@@H](OC(=O)OC(C)(C)C)CN(C(=O)OC(C)(C)C)[C@@H]1Cc1ccc(C2CC2)cc1. The summed E-state index contributed by atoms with van der Waals surface area (Å²) in [6.07, 6.45) is -0.342. The maximum atomic E-state index is 13.1. The second-order valence-corrected chi connectivity index (χ2v) is 11.1. The van der Waals surface area contributed by atoms with Crippen LogP contribution < -0.4 is 0 Å². The van der Waals surface area contributed by atoms with Crippen molar-refractivity contribution in [3.05, 3.63) is 35.4 Å². The van der Waals surface area contributed by atoms with E-state index in [1.54, 1.807) is 41.5 Å². The van der Waals surface area contributed by atoms with E-state index in [0.717, 1.165) is 5.56 Å². The lowest BCUT2D eigenvalue weighted by Crippen LogP contribution is -2.45. The topological polar surface area (TPSA) is 91.4 Å². The van der Waals surface area contributed by atoms with Crippen molar-refractivity contribution >= 4 is 18.2 Å². The van der Waals surface area contributed by atoms with E-state index in [1.165, 1.54) is 30.2 Å². The van der Waals surface area contributed by atoms with Crippen LogP contribution in [-0.4, -0.2) is 59.1 Å². The van der Waals surface area contributed by atoms with Crippen LogP contribution in [0.2, 0.25) is 0 Å². The van der Waals surface area contributed by atoms with Gasteiger partial charge in [0.1, 0.15) is 11.2 Å². The molecular formula is C26H37NO7. The quantitative estimate of drug-likeness (QED) is 0.438. The summed E-state index contributed by atoms with van der Waals surface area (Å²) < 4.78 is 22.0. The largest absolute Gasteiger partial charge is 0.509 e. The lowest BCUT2D eigenvalue weighted by Gasteiger charge is -2.30. The summed E-state index contributed by atoms with van der Waals surface area (Å²) in [7, 11) is 0. The maximum Gasteiger partial charge on any atom is 0.509 e. The van der Waals surface area contributed by atoms with Gasteiger partial charge in [0.25, 0.3) is 0 Å². The summed E-state index contributed by atoms with van der Waals surface area (Å²) >= 11 is 0. The van der Waals surface area contributed by atoms with Crippen LogP contribution in [0.5, 0.6) is 0 Å².